The monoisotopic (exact) mass is 489 g/mol. The largest absolute Gasteiger partial charge is 0.463 e. The molecular formula is C28H31N3O3S. The molecule has 0 saturated carbocycles. The fraction of sp³-hybridized carbons (Fsp3) is 0.321. The van der Waals surface area contributed by atoms with E-state index in [1.165, 1.54) is 16.9 Å². The highest BCUT2D eigenvalue weighted by atomic mass is 32.1. The van der Waals surface area contributed by atoms with Gasteiger partial charge in [0.2, 0.25) is 0 Å². The molecule has 0 fully saturated rings. The zero-order valence-corrected chi connectivity index (χ0v) is 21.8. The molecule has 0 radical (unpaired) electrons. The Morgan fingerprint density at radius 2 is 1.80 bits per heavy atom. The van der Waals surface area contributed by atoms with Crippen LogP contribution in [0.5, 0.6) is 0 Å². The molecule has 1 aliphatic heterocycles. The van der Waals surface area contributed by atoms with Crippen LogP contribution in [0.25, 0.3) is 6.08 Å². The maximum absolute atomic E-state index is 13.7. The molecule has 1 aromatic heterocycles. The van der Waals surface area contributed by atoms with Crippen LogP contribution in [0.15, 0.2) is 69.6 Å². The highest BCUT2D eigenvalue weighted by Gasteiger charge is 2.33. The molecule has 0 bridgehead atoms. The second-order valence-electron chi connectivity index (χ2n) is 9.11. The average Bonchev–Trinajstić information content (AvgIpc) is 3.13. The third-order valence-electron chi connectivity index (χ3n) is 6.14. The Bertz CT molecular complexity index is 1440. The van der Waals surface area contributed by atoms with E-state index < -0.39 is 12.0 Å². The van der Waals surface area contributed by atoms with Crippen molar-refractivity contribution in [3.63, 3.8) is 0 Å². The first-order valence-corrected chi connectivity index (χ1v) is 12.6. The van der Waals surface area contributed by atoms with E-state index in [1.807, 2.05) is 61.5 Å². The number of carbonyl (C=O) groups is 1. The number of thiazole rings is 1. The van der Waals surface area contributed by atoms with Crippen molar-refractivity contribution in [2.75, 3.05) is 25.6 Å². The van der Waals surface area contributed by atoms with E-state index in [9.17, 15) is 9.59 Å². The molecule has 0 amide bonds. The summed E-state index contributed by atoms with van der Waals surface area (Å²) >= 11 is 1.34. The number of ether oxygens (including phenoxy) is 1. The molecule has 1 atom stereocenters. The Labute approximate surface area is 209 Å². The second-order valence-corrected chi connectivity index (χ2v) is 10.1. The van der Waals surface area contributed by atoms with Crippen LogP contribution in [0.2, 0.25) is 0 Å². The first-order chi connectivity index (χ1) is 16.7. The van der Waals surface area contributed by atoms with Crippen LogP contribution < -0.4 is 19.8 Å². The number of fused-ring (bicyclic) bond motifs is 1. The van der Waals surface area contributed by atoms with Gasteiger partial charge in [0, 0.05) is 19.8 Å². The van der Waals surface area contributed by atoms with Gasteiger partial charge < -0.3 is 9.64 Å². The molecule has 2 aromatic carbocycles. The third kappa shape index (κ3) is 4.86. The van der Waals surface area contributed by atoms with Gasteiger partial charge in [0.1, 0.15) is 0 Å². The quantitative estimate of drug-likeness (QED) is 0.491. The lowest BCUT2D eigenvalue weighted by molar-refractivity contribution is -0.139. The lowest BCUT2D eigenvalue weighted by atomic mass is 9.93. The Balaban J connectivity index is 1.88. The van der Waals surface area contributed by atoms with Crippen molar-refractivity contribution in [3.05, 3.63) is 96.2 Å². The van der Waals surface area contributed by atoms with Gasteiger partial charge in [0.15, 0.2) is 4.80 Å². The molecule has 0 aliphatic carbocycles. The summed E-state index contributed by atoms with van der Waals surface area (Å²) in [6, 6.07) is 15.5. The van der Waals surface area contributed by atoms with Crippen LogP contribution in [0.4, 0.5) is 5.69 Å². The van der Waals surface area contributed by atoms with Crippen LogP contribution in [0.1, 0.15) is 56.3 Å². The van der Waals surface area contributed by atoms with E-state index in [4.69, 9.17) is 4.74 Å². The fourth-order valence-corrected chi connectivity index (χ4v) is 5.24. The van der Waals surface area contributed by atoms with Gasteiger partial charge in [-0.1, -0.05) is 61.6 Å². The van der Waals surface area contributed by atoms with Crippen LogP contribution >= 0.6 is 11.3 Å². The molecule has 35 heavy (non-hydrogen) atoms. The summed E-state index contributed by atoms with van der Waals surface area (Å²) in [5.74, 6) is -0.0630. The molecule has 2 heterocycles. The number of hydrogen-bond donors (Lipinski definition) is 0. The van der Waals surface area contributed by atoms with Crippen molar-refractivity contribution >= 4 is 29.1 Å². The number of allylic oxidation sites excluding steroid dienone is 1. The summed E-state index contributed by atoms with van der Waals surface area (Å²) < 4.78 is 7.58. The summed E-state index contributed by atoms with van der Waals surface area (Å²) in [5, 5.41) is 0. The minimum Gasteiger partial charge on any atom is -0.463 e. The standard InChI is InChI=1S/C28H31N3O3S/c1-7-34-27(33)24-18(4)29-28-31(25(24)21-12-10-20(11-13-21)17(2)3)26(32)23(35-28)16-19-8-14-22(15-9-19)30(5)6/h8-17,25H,7H2,1-6H3/b23-16+/t25-/m1/s1. The van der Waals surface area contributed by atoms with E-state index in [-0.39, 0.29) is 12.2 Å². The lowest BCUT2D eigenvalue weighted by Gasteiger charge is -2.25. The van der Waals surface area contributed by atoms with Gasteiger partial charge in [0.25, 0.3) is 5.56 Å². The smallest absolute Gasteiger partial charge is 0.338 e. The number of carbonyl (C=O) groups excluding carboxylic acids is 1. The summed E-state index contributed by atoms with van der Waals surface area (Å²) in [6.07, 6.45) is 1.88. The summed E-state index contributed by atoms with van der Waals surface area (Å²) in [6.45, 7) is 8.10. The maximum atomic E-state index is 13.7. The second kappa shape index (κ2) is 10.0. The first-order valence-electron chi connectivity index (χ1n) is 11.8. The van der Waals surface area contributed by atoms with E-state index in [1.54, 1.807) is 18.4 Å². The highest BCUT2D eigenvalue weighted by molar-refractivity contribution is 7.07. The third-order valence-corrected chi connectivity index (χ3v) is 7.13. The number of aromatic nitrogens is 1. The van der Waals surface area contributed by atoms with Crippen LogP contribution in [-0.2, 0) is 9.53 Å². The highest BCUT2D eigenvalue weighted by Crippen LogP contribution is 2.31. The summed E-state index contributed by atoms with van der Waals surface area (Å²) in [7, 11) is 3.98. The van der Waals surface area contributed by atoms with Crippen molar-refractivity contribution in [2.45, 2.75) is 39.7 Å². The number of anilines is 1. The summed E-state index contributed by atoms with van der Waals surface area (Å²) in [4.78, 5) is 33.9. The predicted octanol–water partition coefficient (Wildman–Crippen LogP) is 3.99. The number of nitrogens with zero attached hydrogens (tertiary/aromatic N) is 3. The Morgan fingerprint density at radius 3 is 2.37 bits per heavy atom. The van der Waals surface area contributed by atoms with Gasteiger partial charge >= 0.3 is 5.97 Å². The zero-order chi connectivity index (χ0) is 25.3. The summed E-state index contributed by atoms with van der Waals surface area (Å²) in [5.41, 5.74) is 4.87. The number of hydrogen-bond acceptors (Lipinski definition) is 6. The maximum Gasteiger partial charge on any atom is 0.338 e. The number of benzene rings is 2. The van der Waals surface area contributed by atoms with Gasteiger partial charge in [-0.2, -0.15) is 0 Å². The topological polar surface area (TPSA) is 63.9 Å². The van der Waals surface area contributed by atoms with Gasteiger partial charge in [-0.15, -0.1) is 0 Å². The van der Waals surface area contributed by atoms with Gasteiger partial charge in [0.05, 0.1) is 28.5 Å². The molecule has 7 heteroatoms. The van der Waals surface area contributed by atoms with Crippen molar-refractivity contribution in [3.8, 4) is 0 Å². The molecular weight excluding hydrogens is 458 g/mol. The first kappa shape index (κ1) is 24.7. The molecule has 3 aromatic rings. The normalized spacial score (nSPS) is 15.7. The minimum absolute atomic E-state index is 0.169. The van der Waals surface area contributed by atoms with Gasteiger partial charge in [-0.25, -0.2) is 9.79 Å². The molecule has 0 N–H and O–H groups in total. The van der Waals surface area contributed by atoms with E-state index >= 15 is 0 Å². The van der Waals surface area contributed by atoms with Crippen molar-refractivity contribution in [1.29, 1.82) is 0 Å². The van der Waals surface area contributed by atoms with E-state index in [2.05, 4.69) is 31.0 Å². The average molecular weight is 490 g/mol. The van der Waals surface area contributed by atoms with Crippen LogP contribution in [0, 0.1) is 0 Å². The molecule has 0 spiro atoms. The van der Waals surface area contributed by atoms with Crippen molar-refractivity contribution < 1.29 is 9.53 Å². The molecule has 1 aliphatic rings. The molecule has 0 unspecified atom stereocenters. The number of esters is 1. The molecule has 182 valence electrons. The Morgan fingerprint density at radius 1 is 1.14 bits per heavy atom. The lowest BCUT2D eigenvalue weighted by Crippen LogP contribution is -2.39. The van der Waals surface area contributed by atoms with Crippen LogP contribution in [0.3, 0.4) is 0 Å². The Hall–Kier alpha value is -3.45. The molecule has 0 saturated heterocycles. The predicted molar refractivity (Wildman–Crippen MR) is 142 cm³/mol. The molecule has 4 rings (SSSR count). The van der Waals surface area contributed by atoms with Crippen LogP contribution in [-0.4, -0.2) is 31.2 Å². The Kier molecular flexibility index (Phi) is 7.08. The van der Waals surface area contributed by atoms with Gasteiger partial charge in [-0.05, 0) is 54.7 Å². The van der Waals surface area contributed by atoms with Crippen molar-refractivity contribution in [2.24, 2.45) is 4.99 Å². The fourth-order valence-electron chi connectivity index (χ4n) is 4.19. The molecule has 6 nitrogen and oxygen atoms in total. The zero-order valence-electron chi connectivity index (χ0n) is 21.0. The van der Waals surface area contributed by atoms with Gasteiger partial charge in [-0.3, -0.25) is 9.36 Å². The van der Waals surface area contributed by atoms with Crippen molar-refractivity contribution in [1.82, 2.24) is 4.57 Å². The number of rotatable bonds is 6. The van der Waals surface area contributed by atoms with E-state index in [0.717, 1.165) is 16.8 Å². The van der Waals surface area contributed by atoms with E-state index in [0.29, 0.717) is 26.5 Å². The SMILES string of the molecule is CCOC(=O)C1=C(C)N=c2s/c(=C/c3ccc(N(C)C)cc3)c(=O)n2[C@@H]1c1ccc(C(C)C)cc1. The minimum atomic E-state index is -0.593.